The number of terminal acetylenes is 1. The predicted octanol–water partition coefficient (Wildman–Crippen LogP) is 0.0874. The van der Waals surface area contributed by atoms with Crippen LogP contribution in [0.1, 0.15) is 37.5 Å². The van der Waals surface area contributed by atoms with Crippen molar-refractivity contribution in [2.24, 2.45) is 0 Å². The van der Waals surface area contributed by atoms with Crippen LogP contribution in [0.2, 0.25) is 0 Å². The van der Waals surface area contributed by atoms with Crippen LogP contribution in [0.4, 0.5) is 17.7 Å². The van der Waals surface area contributed by atoms with E-state index in [1.807, 2.05) is 25.7 Å². The summed E-state index contributed by atoms with van der Waals surface area (Å²) in [6.07, 6.45) is 4.97. The molecule has 0 spiro atoms. The Morgan fingerprint density at radius 3 is 2.25 bits per heavy atom. The molecular formula is C19H25BF3KN2O2. The van der Waals surface area contributed by atoms with Crippen molar-refractivity contribution in [3.05, 3.63) is 28.8 Å². The molecule has 1 fully saturated rings. The maximum atomic E-state index is 13.3. The zero-order valence-corrected chi connectivity index (χ0v) is 20.3. The molecule has 1 aliphatic rings. The maximum Gasteiger partial charge on any atom is 1.00 e. The summed E-state index contributed by atoms with van der Waals surface area (Å²) in [7, 11) is 0. The SMILES string of the molecule is C#Cc1cc(CN2CCN(C(=O)OC(C)(C)C)CC2)c(C)c([B-](F)(F)F)c1.[K+]. The minimum atomic E-state index is -5.12. The average molecular weight is 420 g/mol. The Bertz CT molecular complexity index is 749. The predicted molar refractivity (Wildman–Crippen MR) is 101 cm³/mol. The summed E-state index contributed by atoms with van der Waals surface area (Å²) in [6.45, 7) is 4.21. The fourth-order valence-corrected chi connectivity index (χ4v) is 3.04. The van der Waals surface area contributed by atoms with Crippen LogP contribution in [-0.4, -0.2) is 54.7 Å². The monoisotopic (exact) mass is 420 g/mol. The molecule has 4 nitrogen and oxygen atoms in total. The van der Waals surface area contributed by atoms with E-state index in [1.54, 1.807) is 11.0 Å². The van der Waals surface area contributed by atoms with Crippen molar-refractivity contribution >= 4 is 18.5 Å². The Hall–Kier alpha value is -0.499. The summed E-state index contributed by atoms with van der Waals surface area (Å²) in [5.74, 6) is 2.31. The number of hydrogen-bond donors (Lipinski definition) is 0. The number of benzene rings is 1. The second-order valence-corrected chi connectivity index (χ2v) is 7.81. The topological polar surface area (TPSA) is 32.8 Å². The van der Waals surface area contributed by atoms with Gasteiger partial charge in [0, 0.05) is 38.3 Å². The molecule has 28 heavy (non-hydrogen) atoms. The molecule has 0 radical (unpaired) electrons. The van der Waals surface area contributed by atoms with Crippen molar-refractivity contribution < 1.29 is 73.9 Å². The second kappa shape index (κ2) is 10.0. The Kier molecular flexibility index (Phi) is 9.13. The number of hydrogen-bond acceptors (Lipinski definition) is 3. The number of carbonyl (C=O) groups excluding carboxylic acids is 1. The van der Waals surface area contributed by atoms with Gasteiger partial charge in [0.05, 0.1) is 0 Å². The minimum absolute atomic E-state index is 0. The van der Waals surface area contributed by atoms with E-state index in [1.165, 1.54) is 6.92 Å². The first kappa shape index (κ1) is 25.5. The van der Waals surface area contributed by atoms with Crippen LogP contribution in [0, 0.1) is 19.3 Å². The third-order valence-corrected chi connectivity index (χ3v) is 4.49. The van der Waals surface area contributed by atoms with E-state index in [0.29, 0.717) is 38.3 Å². The van der Waals surface area contributed by atoms with Crippen molar-refractivity contribution in [3.63, 3.8) is 0 Å². The van der Waals surface area contributed by atoms with Gasteiger partial charge in [-0.3, -0.25) is 4.90 Å². The third kappa shape index (κ3) is 7.08. The smallest absolute Gasteiger partial charge is 0.445 e. The van der Waals surface area contributed by atoms with E-state index in [4.69, 9.17) is 11.2 Å². The molecule has 1 saturated heterocycles. The fourth-order valence-electron chi connectivity index (χ4n) is 3.04. The fraction of sp³-hybridized carbons (Fsp3) is 0.526. The molecule has 0 bridgehead atoms. The number of amides is 1. The summed E-state index contributed by atoms with van der Waals surface area (Å²) in [5.41, 5.74) is -0.164. The molecule has 9 heteroatoms. The summed E-state index contributed by atoms with van der Waals surface area (Å²) < 4.78 is 45.3. The number of ether oxygens (including phenoxy) is 1. The molecule has 1 aromatic carbocycles. The zero-order chi connectivity index (χ0) is 20.4. The molecule has 1 heterocycles. The van der Waals surface area contributed by atoms with Crippen LogP contribution >= 0.6 is 0 Å². The maximum absolute atomic E-state index is 13.3. The molecule has 0 aromatic heterocycles. The molecule has 0 unspecified atom stereocenters. The third-order valence-electron chi connectivity index (χ3n) is 4.49. The number of nitrogens with zero attached hydrogens (tertiary/aromatic N) is 2. The van der Waals surface area contributed by atoms with Crippen LogP contribution in [0.25, 0.3) is 0 Å². The first-order valence-corrected chi connectivity index (χ1v) is 8.91. The molecule has 148 valence electrons. The van der Waals surface area contributed by atoms with Gasteiger partial charge in [-0.1, -0.05) is 17.6 Å². The minimum Gasteiger partial charge on any atom is -0.445 e. The van der Waals surface area contributed by atoms with E-state index in [-0.39, 0.29) is 68.6 Å². The van der Waals surface area contributed by atoms with E-state index in [0.717, 1.165) is 6.07 Å². The van der Waals surface area contributed by atoms with Gasteiger partial charge in [0.1, 0.15) is 5.60 Å². The van der Waals surface area contributed by atoms with Crippen LogP contribution in [0.15, 0.2) is 12.1 Å². The van der Waals surface area contributed by atoms with Crippen LogP contribution in [0.3, 0.4) is 0 Å². The van der Waals surface area contributed by atoms with Gasteiger partial charge in [-0.05, 0) is 39.3 Å². The largest absolute Gasteiger partial charge is 1.00 e. The van der Waals surface area contributed by atoms with Crippen molar-refractivity contribution in [3.8, 4) is 12.3 Å². The first-order valence-electron chi connectivity index (χ1n) is 8.91. The van der Waals surface area contributed by atoms with Gasteiger partial charge < -0.3 is 22.6 Å². The summed E-state index contributed by atoms with van der Waals surface area (Å²) >= 11 is 0. The number of piperazine rings is 1. The molecule has 0 aliphatic carbocycles. The van der Waals surface area contributed by atoms with Gasteiger partial charge in [-0.25, -0.2) is 4.79 Å². The van der Waals surface area contributed by atoms with Crippen molar-refractivity contribution in [1.29, 1.82) is 0 Å². The first-order chi connectivity index (χ1) is 12.4. The molecule has 0 atom stereocenters. The van der Waals surface area contributed by atoms with Gasteiger partial charge in [-0.2, -0.15) is 0 Å². The van der Waals surface area contributed by atoms with Crippen LogP contribution in [-0.2, 0) is 11.3 Å². The molecule has 1 aromatic rings. The van der Waals surface area contributed by atoms with E-state index in [2.05, 4.69) is 5.92 Å². The van der Waals surface area contributed by atoms with Crippen molar-refractivity contribution in [1.82, 2.24) is 9.80 Å². The van der Waals surface area contributed by atoms with Gasteiger partial charge in [0.2, 0.25) is 0 Å². The summed E-state index contributed by atoms with van der Waals surface area (Å²) in [4.78, 5) is 15.8. The Morgan fingerprint density at radius 2 is 1.79 bits per heavy atom. The van der Waals surface area contributed by atoms with Gasteiger partial charge in [0.15, 0.2) is 0 Å². The molecule has 1 amide bonds. The quantitative estimate of drug-likeness (QED) is 0.514. The van der Waals surface area contributed by atoms with Crippen molar-refractivity contribution in [2.45, 2.75) is 39.8 Å². The molecular weight excluding hydrogens is 395 g/mol. The summed E-state index contributed by atoms with van der Waals surface area (Å²) in [6, 6.07) is 2.68. The standard InChI is InChI=1S/C19H25BF3N2O2.K/c1-6-15-11-16(14(2)17(12-15)20(21,22)23)13-24-7-9-25(10-8-24)18(26)27-19(3,4)5;/h1,11-12H,7-10,13H2,2-5H3;/q-1;+1. The number of carbonyl (C=O) groups is 1. The second-order valence-electron chi connectivity index (χ2n) is 7.81. The van der Waals surface area contributed by atoms with Gasteiger partial charge in [0.25, 0.3) is 0 Å². The number of rotatable bonds is 3. The molecule has 0 saturated carbocycles. The zero-order valence-electron chi connectivity index (χ0n) is 17.2. The average Bonchev–Trinajstić information content (AvgIpc) is 2.54. The van der Waals surface area contributed by atoms with Crippen molar-refractivity contribution in [2.75, 3.05) is 26.2 Å². The molecule has 1 aliphatic heterocycles. The van der Waals surface area contributed by atoms with Gasteiger partial charge >= 0.3 is 64.5 Å². The summed E-state index contributed by atoms with van der Waals surface area (Å²) in [5, 5.41) is 0. The van der Waals surface area contributed by atoms with E-state index >= 15 is 0 Å². The van der Waals surface area contributed by atoms with Crippen LogP contribution in [0.5, 0.6) is 0 Å². The Balaban J connectivity index is 0.00000392. The van der Waals surface area contributed by atoms with Crippen LogP contribution < -0.4 is 56.8 Å². The van der Waals surface area contributed by atoms with E-state index in [9.17, 15) is 17.7 Å². The van der Waals surface area contributed by atoms with Gasteiger partial charge in [-0.15, -0.1) is 11.9 Å². The normalized spacial score (nSPS) is 15.6. The molecule has 2 rings (SSSR count). The molecule has 0 N–H and O–H groups in total. The Labute approximate surface area is 207 Å². The van der Waals surface area contributed by atoms with E-state index < -0.39 is 18.0 Å². The Morgan fingerprint density at radius 1 is 1.21 bits per heavy atom. The number of halogens is 3.